The highest BCUT2D eigenvalue weighted by Crippen LogP contribution is 2.54. The molecule has 3 aliphatic carbocycles. The van der Waals surface area contributed by atoms with Gasteiger partial charge in [-0.05, 0) is 108 Å². The van der Waals surface area contributed by atoms with Crippen LogP contribution in [0.15, 0.2) is 182 Å². The first-order chi connectivity index (χ1) is 29.0. The maximum atomic E-state index is 2.52. The lowest BCUT2D eigenvalue weighted by Crippen LogP contribution is -2.15. The van der Waals surface area contributed by atoms with Crippen LogP contribution < -0.4 is 0 Å². The van der Waals surface area contributed by atoms with E-state index in [1.54, 1.807) is 0 Å². The van der Waals surface area contributed by atoms with Crippen LogP contribution in [0.2, 0.25) is 0 Å². The first-order valence-electron chi connectivity index (χ1n) is 20.8. The zero-order valence-electron chi connectivity index (χ0n) is 32.8. The molecule has 2 aromatic heterocycles. The smallest absolute Gasteiger partial charge is 0.0540 e. The van der Waals surface area contributed by atoms with Gasteiger partial charge in [-0.15, -0.1) is 22.7 Å². The van der Waals surface area contributed by atoms with Gasteiger partial charge in [0.2, 0.25) is 0 Å². The van der Waals surface area contributed by atoms with Crippen molar-refractivity contribution in [3.63, 3.8) is 0 Å². The first kappa shape index (κ1) is 33.6. The average Bonchev–Trinajstić information content (AvgIpc) is 3.93. The number of benzene rings is 8. The lowest BCUT2D eigenvalue weighted by atomic mass is 9.74. The molecule has 0 radical (unpaired) electrons. The summed E-state index contributed by atoms with van der Waals surface area (Å²) in [5.41, 5.74) is 13.3. The maximum absolute atomic E-state index is 2.52. The lowest BCUT2D eigenvalue weighted by molar-refractivity contribution is 0.660. The fourth-order valence-electron chi connectivity index (χ4n) is 10.9. The molecule has 2 unspecified atom stereocenters. The van der Waals surface area contributed by atoms with Crippen molar-refractivity contribution in [1.29, 1.82) is 0 Å². The Morgan fingerprint density at radius 3 is 1.81 bits per heavy atom. The van der Waals surface area contributed by atoms with E-state index in [1.165, 1.54) is 118 Å². The molecule has 59 heavy (non-hydrogen) atoms. The molecule has 8 aromatic carbocycles. The highest BCUT2D eigenvalue weighted by Gasteiger charge is 2.36. The minimum Gasteiger partial charge on any atom is -0.134 e. The minimum atomic E-state index is -0.155. The van der Waals surface area contributed by atoms with Gasteiger partial charge in [0.05, 0.1) is 9.40 Å². The van der Waals surface area contributed by atoms with Gasteiger partial charge in [0, 0.05) is 48.2 Å². The largest absolute Gasteiger partial charge is 0.134 e. The van der Waals surface area contributed by atoms with E-state index in [4.69, 9.17) is 0 Å². The van der Waals surface area contributed by atoms with E-state index in [-0.39, 0.29) is 5.41 Å². The predicted octanol–water partition coefficient (Wildman–Crippen LogP) is 16.7. The lowest BCUT2D eigenvalue weighted by Gasteiger charge is -2.29. The molecule has 0 spiro atoms. The summed E-state index contributed by atoms with van der Waals surface area (Å²) in [6.07, 6.45) is 16.1. The van der Waals surface area contributed by atoms with Gasteiger partial charge >= 0.3 is 0 Å². The first-order valence-corrected chi connectivity index (χ1v) is 22.4. The van der Waals surface area contributed by atoms with Gasteiger partial charge in [0.1, 0.15) is 0 Å². The van der Waals surface area contributed by atoms with Gasteiger partial charge < -0.3 is 0 Å². The van der Waals surface area contributed by atoms with Crippen molar-refractivity contribution in [2.45, 2.75) is 19.3 Å². The van der Waals surface area contributed by atoms with Crippen molar-refractivity contribution >= 4 is 90.1 Å². The standard InChI is InChI=1S/C57H38S2/c1-57(2)48-29-27-34(45-32-47-38-17-9-11-24-50(38)58-55(47)56-54(45)44-22-10-12-25-51(44)59-56)30-46(48)37-28-26-35(31-49(37)57)52-40-18-5-7-20-42(40)53(43-21-8-6-19-41(43)52)39-23-13-15-33-14-3-4-16-36(33)39/h3-33,36H,1-2H3. The second-order valence-corrected chi connectivity index (χ2v) is 19.2. The molecule has 2 heterocycles. The summed E-state index contributed by atoms with van der Waals surface area (Å²) in [5.74, 6) is 0.709. The number of thiophene rings is 2. The number of allylic oxidation sites excluding steroid dienone is 8. The van der Waals surface area contributed by atoms with Crippen LogP contribution in [0, 0.1) is 11.8 Å². The molecule has 0 N–H and O–H groups in total. The zero-order chi connectivity index (χ0) is 39.0. The quantitative estimate of drug-likeness (QED) is 0.157. The molecule has 0 fully saturated rings. The molecule has 10 aromatic rings. The van der Waals surface area contributed by atoms with E-state index < -0.39 is 0 Å². The normalized spacial score (nSPS) is 17.7. The highest BCUT2D eigenvalue weighted by atomic mass is 32.1. The Hall–Kier alpha value is -6.32. The molecule has 2 atom stereocenters. The molecule has 3 aliphatic rings. The van der Waals surface area contributed by atoms with Crippen LogP contribution in [-0.2, 0) is 5.41 Å². The van der Waals surface area contributed by atoms with Gasteiger partial charge in [0.15, 0.2) is 0 Å². The summed E-state index contributed by atoms with van der Waals surface area (Å²) in [4.78, 5) is 0. The monoisotopic (exact) mass is 786 g/mol. The van der Waals surface area contributed by atoms with E-state index in [9.17, 15) is 0 Å². The average molecular weight is 787 g/mol. The van der Waals surface area contributed by atoms with Crippen LogP contribution in [0.3, 0.4) is 0 Å². The van der Waals surface area contributed by atoms with Crippen molar-refractivity contribution in [1.82, 2.24) is 0 Å². The Labute approximate surface area is 351 Å². The summed E-state index contributed by atoms with van der Waals surface area (Å²) in [7, 11) is 0. The molecule has 0 saturated carbocycles. The van der Waals surface area contributed by atoms with E-state index in [0.29, 0.717) is 11.8 Å². The fourth-order valence-corrected chi connectivity index (χ4v) is 13.4. The molecule has 0 nitrogen and oxygen atoms in total. The highest BCUT2D eigenvalue weighted by molar-refractivity contribution is 7.33. The third-order valence-corrected chi connectivity index (χ3v) is 16.2. The number of fused-ring (bicyclic) bond motifs is 13. The molecule has 0 bridgehead atoms. The number of hydrogen-bond acceptors (Lipinski definition) is 2. The molecule has 0 amide bonds. The summed E-state index contributed by atoms with van der Waals surface area (Å²) in [5, 5.41) is 10.7. The molecule has 0 aliphatic heterocycles. The van der Waals surface area contributed by atoms with Crippen molar-refractivity contribution in [3.8, 4) is 33.4 Å². The summed E-state index contributed by atoms with van der Waals surface area (Å²) < 4.78 is 5.50. The van der Waals surface area contributed by atoms with Crippen molar-refractivity contribution < 1.29 is 0 Å². The maximum Gasteiger partial charge on any atom is 0.0540 e. The molecule has 13 rings (SSSR count). The second kappa shape index (κ2) is 12.3. The van der Waals surface area contributed by atoms with Crippen LogP contribution >= 0.6 is 22.7 Å². The van der Waals surface area contributed by atoms with Gasteiger partial charge in [-0.3, -0.25) is 0 Å². The Morgan fingerprint density at radius 1 is 0.441 bits per heavy atom. The zero-order valence-corrected chi connectivity index (χ0v) is 34.4. The minimum absolute atomic E-state index is 0.155. The van der Waals surface area contributed by atoms with E-state index in [1.807, 2.05) is 22.7 Å². The van der Waals surface area contributed by atoms with E-state index in [0.717, 1.165) is 0 Å². The SMILES string of the molecule is CC1(C)c2ccc(-c3cc4c5ccccc5sc4c4sc5ccccc5c34)cc2-c2ccc(-c3c4ccccc4c(C4=CC=CC5C=CC=CC45)c4ccccc34)cc21. The molecule has 0 saturated heterocycles. The van der Waals surface area contributed by atoms with Gasteiger partial charge in [0.25, 0.3) is 0 Å². The molecular weight excluding hydrogens is 749 g/mol. The molecular formula is C57H38S2. The topological polar surface area (TPSA) is 0 Å². The number of hydrogen-bond donors (Lipinski definition) is 0. The summed E-state index contributed by atoms with van der Waals surface area (Å²) >= 11 is 3.88. The Morgan fingerprint density at radius 2 is 1.05 bits per heavy atom. The van der Waals surface area contributed by atoms with E-state index in [2.05, 4.69) is 196 Å². The fraction of sp³-hybridized carbons (Fsp3) is 0.0877. The van der Waals surface area contributed by atoms with Crippen LogP contribution in [0.25, 0.3) is 101 Å². The van der Waals surface area contributed by atoms with E-state index >= 15 is 0 Å². The van der Waals surface area contributed by atoms with Crippen LogP contribution in [-0.4, -0.2) is 0 Å². The molecule has 2 heteroatoms. The summed E-state index contributed by atoms with van der Waals surface area (Å²) in [6, 6.07) is 53.2. The predicted molar refractivity (Wildman–Crippen MR) is 258 cm³/mol. The van der Waals surface area contributed by atoms with Gasteiger partial charge in [-0.2, -0.15) is 0 Å². The van der Waals surface area contributed by atoms with Crippen LogP contribution in [0.4, 0.5) is 0 Å². The van der Waals surface area contributed by atoms with Crippen molar-refractivity contribution in [2.75, 3.05) is 0 Å². The summed E-state index contributed by atoms with van der Waals surface area (Å²) in [6.45, 7) is 4.83. The van der Waals surface area contributed by atoms with Crippen molar-refractivity contribution in [3.05, 3.63) is 199 Å². The third-order valence-electron chi connectivity index (χ3n) is 13.6. The van der Waals surface area contributed by atoms with Gasteiger partial charge in [-0.25, -0.2) is 0 Å². The Balaban J connectivity index is 1.01. The Bertz CT molecular complexity index is 3540. The third kappa shape index (κ3) is 4.70. The van der Waals surface area contributed by atoms with Crippen LogP contribution in [0.1, 0.15) is 30.5 Å². The van der Waals surface area contributed by atoms with Crippen LogP contribution in [0.5, 0.6) is 0 Å². The second-order valence-electron chi connectivity index (χ2n) is 17.1. The van der Waals surface area contributed by atoms with Crippen molar-refractivity contribution in [2.24, 2.45) is 11.8 Å². The number of rotatable bonds is 3. The van der Waals surface area contributed by atoms with Gasteiger partial charge in [-0.1, -0.05) is 166 Å². The molecule has 278 valence electrons. The Kier molecular flexibility index (Phi) is 7.04.